The smallest absolute Gasteiger partial charge is 0.269 e. The second-order valence-corrected chi connectivity index (χ2v) is 7.12. The minimum absolute atomic E-state index is 0.203. The first-order valence-corrected chi connectivity index (χ1v) is 9.67. The molecule has 0 aliphatic carbocycles. The fraction of sp³-hybridized carbons (Fsp3) is 0.0526. The third-order valence-corrected chi connectivity index (χ3v) is 5.31. The average molecular weight is 403 g/mol. The SMILES string of the molecule is O=c1[nH]c(CSc2nc3ccccc3c(=O)n2-c2ncn[nH]2)nc2ccccc12. The van der Waals surface area contributed by atoms with Gasteiger partial charge in [0.1, 0.15) is 12.2 Å². The van der Waals surface area contributed by atoms with Crippen molar-refractivity contribution in [1.82, 2.24) is 34.7 Å². The van der Waals surface area contributed by atoms with Gasteiger partial charge in [-0.15, -0.1) is 0 Å². The maximum Gasteiger partial charge on any atom is 0.269 e. The van der Waals surface area contributed by atoms with Crippen LogP contribution in [0.1, 0.15) is 5.82 Å². The number of thioether (sulfide) groups is 1. The number of nitrogens with zero attached hydrogens (tertiary/aromatic N) is 5. The Bertz CT molecular complexity index is 1460. The Morgan fingerprint density at radius 3 is 2.41 bits per heavy atom. The third-order valence-electron chi connectivity index (χ3n) is 4.36. The summed E-state index contributed by atoms with van der Waals surface area (Å²) in [6.45, 7) is 0. The second-order valence-electron chi connectivity index (χ2n) is 6.18. The molecule has 9 nitrogen and oxygen atoms in total. The van der Waals surface area contributed by atoms with E-state index in [2.05, 4.69) is 30.1 Å². The van der Waals surface area contributed by atoms with Crippen molar-refractivity contribution in [2.75, 3.05) is 0 Å². The molecule has 10 heteroatoms. The van der Waals surface area contributed by atoms with Crippen LogP contribution in [0.5, 0.6) is 0 Å². The van der Waals surface area contributed by atoms with Crippen LogP contribution in [0.15, 0.2) is 69.6 Å². The van der Waals surface area contributed by atoms with E-state index >= 15 is 0 Å². The molecule has 0 unspecified atom stereocenters. The number of nitrogens with one attached hydrogen (secondary N) is 2. The van der Waals surface area contributed by atoms with E-state index in [1.807, 2.05) is 12.1 Å². The molecule has 0 atom stereocenters. The molecule has 3 aromatic heterocycles. The summed E-state index contributed by atoms with van der Waals surface area (Å²) in [7, 11) is 0. The molecule has 29 heavy (non-hydrogen) atoms. The molecule has 3 heterocycles. The summed E-state index contributed by atoms with van der Waals surface area (Å²) in [5.41, 5.74) is 0.738. The molecule has 2 N–H and O–H groups in total. The molecule has 0 aliphatic rings. The fourth-order valence-electron chi connectivity index (χ4n) is 3.04. The molecule has 0 spiro atoms. The maximum absolute atomic E-state index is 13.0. The van der Waals surface area contributed by atoms with Crippen molar-refractivity contribution in [1.29, 1.82) is 0 Å². The molecule has 0 amide bonds. The van der Waals surface area contributed by atoms with Crippen LogP contribution in [0.2, 0.25) is 0 Å². The average Bonchev–Trinajstić information content (AvgIpc) is 3.27. The molecule has 142 valence electrons. The highest BCUT2D eigenvalue weighted by atomic mass is 32.2. The monoisotopic (exact) mass is 403 g/mol. The Balaban J connectivity index is 1.59. The van der Waals surface area contributed by atoms with E-state index in [1.54, 1.807) is 36.4 Å². The number of rotatable bonds is 4. The molecule has 0 saturated heterocycles. The highest BCUT2D eigenvalue weighted by molar-refractivity contribution is 7.98. The van der Waals surface area contributed by atoms with Crippen LogP contribution in [0.25, 0.3) is 27.8 Å². The largest absolute Gasteiger partial charge is 0.309 e. The predicted molar refractivity (Wildman–Crippen MR) is 109 cm³/mol. The van der Waals surface area contributed by atoms with Gasteiger partial charge < -0.3 is 4.98 Å². The lowest BCUT2D eigenvalue weighted by molar-refractivity contribution is 0.770. The lowest BCUT2D eigenvalue weighted by Crippen LogP contribution is -2.23. The lowest BCUT2D eigenvalue weighted by atomic mass is 10.2. The summed E-state index contributed by atoms with van der Waals surface area (Å²) in [4.78, 5) is 41.3. The minimum atomic E-state index is -0.255. The molecule has 0 radical (unpaired) electrons. The van der Waals surface area contributed by atoms with Crippen molar-refractivity contribution in [2.24, 2.45) is 0 Å². The summed E-state index contributed by atoms with van der Waals surface area (Å²) >= 11 is 1.28. The highest BCUT2D eigenvalue weighted by Gasteiger charge is 2.16. The van der Waals surface area contributed by atoms with Gasteiger partial charge in [-0.1, -0.05) is 36.0 Å². The number of hydrogen-bond acceptors (Lipinski definition) is 7. The van der Waals surface area contributed by atoms with E-state index in [-0.39, 0.29) is 17.1 Å². The van der Waals surface area contributed by atoms with Crippen LogP contribution < -0.4 is 11.1 Å². The molecular formula is C19H13N7O2S. The summed E-state index contributed by atoms with van der Waals surface area (Å²) in [6, 6.07) is 14.2. The third kappa shape index (κ3) is 3.09. The van der Waals surface area contributed by atoms with Crippen molar-refractivity contribution < 1.29 is 0 Å². The van der Waals surface area contributed by atoms with Gasteiger partial charge in [0.25, 0.3) is 11.1 Å². The van der Waals surface area contributed by atoms with Crippen molar-refractivity contribution >= 4 is 33.6 Å². The Labute approximate surface area is 166 Å². The van der Waals surface area contributed by atoms with Crippen molar-refractivity contribution in [3.8, 4) is 5.95 Å². The van der Waals surface area contributed by atoms with Crippen LogP contribution in [0.4, 0.5) is 0 Å². The number of para-hydroxylation sites is 2. The van der Waals surface area contributed by atoms with E-state index in [0.29, 0.717) is 38.5 Å². The summed E-state index contributed by atoms with van der Waals surface area (Å²) < 4.78 is 1.37. The van der Waals surface area contributed by atoms with Gasteiger partial charge in [0.2, 0.25) is 5.95 Å². The highest BCUT2D eigenvalue weighted by Crippen LogP contribution is 2.22. The van der Waals surface area contributed by atoms with Crippen LogP contribution in [-0.2, 0) is 5.75 Å². The zero-order valence-electron chi connectivity index (χ0n) is 14.9. The van der Waals surface area contributed by atoms with Crippen LogP contribution >= 0.6 is 11.8 Å². The zero-order chi connectivity index (χ0) is 19.8. The van der Waals surface area contributed by atoms with Crippen LogP contribution in [-0.4, -0.2) is 34.7 Å². The second kappa shape index (κ2) is 6.99. The van der Waals surface area contributed by atoms with Gasteiger partial charge in [-0.05, 0) is 24.3 Å². The maximum atomic E-state index is 13.0. The van der Waals surface area contributed by atoms with E-state index in [1.165, 1.54) is 22.7 Å². The number of benzene rings is 2. The summed E-state index contributed by atoms with van der Waals surface area (Å²) in [5, 5.41) is 7.96. The molecule has 0 aliphatic heterocycles. The Morgan fingerprint density at radius 1 is 0.931 bits per heavy atom. The minimum Gasteiger partial charge on any atom is -0.309 e. The van der Waals surface area contributed by atoms with Gasteiger partial charge >= 0.3 is 0 Å². The molecule has 0 saturated carbocycles. The fourth-order valence-corrected chi connectivity index (χ4v) is 3.90. The van der Waals surface area contributed by atoms with Crippen molar-refractivity contribution in [3.63, 3.8) is 0 Å². The van der Waals surface area contributed by atoms with E-state index < -0.39 is 0 Å². The van der Waals surface area contributed by atoms with E-state index in [9.17, 15) is 9.59 Å². The topological polar surface area (TPSA) is 122 Å². The molecule has 5 aromatic rings. The molecule has 0 bridgehead atoms. The van der Waals surface area contributed by atoms with Crippen molar-refractivity contribution in [3.05, 3.63) is 81.4 Å². The van der Waals surface area contributed by atoms with Crippen molar-refractivity contribution in [2.45, 2.75) is 10.9 Å². The van der Waals surface area contributed by atoms with Crippen LogP contribution in [0, 0.1) is 0 Å². The van der Waals surface area contributed by atoms with E-state index in [0.717, 1.165) is 0 Å². The quantitative estimate of drug-likeness (QED) is 0.348. The van der Waals surface area contributed by atoms with Gasteiger partial charge in [0, 0.05) is 0 Å². The van der Waals surface area contributed by atoms with Gasteiger partial charge in [-0.3, -0.25) is 9.59 Å². The Morgan fingerprint density at radius 2 is 1.66 bits per heavy atom. The Hall–Kier alpha value is -3.79. The van der Waals surface area contributed by atoms with Crippen LogP contribution in [0.3, 0.4) is 0 Å². The van der Waals surface area contributed by atoms with Gasteiger partial charge in [0.15, 0.2) is 5.16 Å². The predicted octanol–water partition coefficient (Wildman–Crippen LogP) is 2.03. The number of aromatic amines is 2. The first kappa shape index (κ1) is 17.3. The summed E-state index contributed by atoms with van der Waals surface area (Å²) in [6.07, 6.45) is 1.33. The number of aromatic nitrogens is 7. The first-order chi connectivity index (χ1) is 14.2. The molecule has 5 rings (SSSR count). The number of hydrogen-bond donors (Lipinski definition) is 2. The Kier molecular flexibility index (Phi) is 4.17. The normalized spacial score (nSPS) is 11.3. The standard InChI is InChI=1S/C19H13N7O2S/c27-16-11-5-1-3-7-13(11)22-15(24-16)9-29-19-23-14-8-4-2-6-12(14)17(28)26(19)18-20-10-21-25-18/h1-8,10H,9H2,(H,20,21,25)(H,22,24,27). The van der Waals surface area contributed by atoms with Gasteiger partial charge in [-0.2, -0.15) is 10.1 Å². The molecule has 0 fully saturated rings. The number of fused-ring (bicyclic) bond motifs is 2. The lowest BCUT2D eigenvalue weighted by Gasteiger charge is -2.10. The number of H-pyrrole nitrogens is 2. The zero-order valence-corrected chi connectivity index (χ0v) is 15.7. The van der Waals surface area contributed by atoms with Gasteiger partial charge in [0.05, 0.1) is 27.6 Å². The molecular weight excluding hydrogens is 390 g/mol. The first-order valence-electron chi connectivity index (χ1n) is 8.69. The molecule has 2 aromatic carbocycles. The van der Waals surface area contributed by atoms with Gasteiger partial charge in [-0.25, -0.2) is 19.6 Å². The summed E-state index contributed by atoms with van der Waals surface area (Å²) in [5.74, 6) is 1.08. The van der Waals surface area contributed by atoms with E-state index in [4.69, 9.17) is 0 Å².